The second-order valence-corrected chi connectivity index (χ2v) is 7.16. The highest BCUT2D eigenvalue weighted by atomic mass is 32.2. The molecule has 0 aromatic heterocycles. The standard InChI is InChI=1S/C14H32N2O4S/c1-5-19-11-9-16(10-12-20-6-2)21(17,18)13-7-8-15-14(3)4/h14-15H,5-13H2,1-4H3. The highest BCUT2D eigenvalue weighted by Gasteiger charge is 2.21. The molecule has 0 spiro atoms. The van der Waals surface area contributed by atoms with Crippen LogP contribution in [0.2, 0.25) is 0 Å². The van der Waals surface area contributed by atoms with Gasteiger partial charge in [0.25, 0.3) is 0 Å². The predicted molar refractivity (Wildman–Crippen MR) is 86.1 cm³/mol. The Kier molecular flexibility index (Phi) is 12.2. The summed E-state index contributed by atoms with van der Waals surface area (Å²) >= 11 is 0. The van der Waals surface area contributed by atoms with E-state index in [2.05, 4.69) is 5.32 Å². The van der Waals surface area contributed by atoms with Crippen LogP contribution in [0.25, 0.3) is 0 Å². The van der Waals surface area contributed by atoms with Crippen molar-refractivity contribution >= 4 is 10.0 Å². The number of rotatable bonds is 14. The van der Waals surface area contributed by atoms with Crippen LogP contribution in [0.15, 0.2) is 0 Å². The molecule has 0 aromatic rings. The number of nitrogens with zero attached hydrogens (tertiary/aromatic N) is 1. The number of nitrogens with one attached hydrogen (secondary N) is 1. The molecule has 21 heavy (non-hydrogen) atoms. The fourth-order valence-corrected chi connectivity index (χ4v) is 3.26. The lowest BCUT2D eigenvalue weighted by Gasteiger charge is -2.22. The van der Waals surface area contributed by atoms with Crippen molar-refractivity contribution in [2.45, 2.75) is 40.2 Å². The first kappa shape index (κ1) is 20.8. The monoisotopic (exact) mass is 324 g/mol. The molecule has 0 saturated carbocycles. The van der Waals surface area contributed by atoms with E-state index in [-0.39, 0.29) is 5.75 Å². The van der Waals surface area contributed by atoms with Gasteiger partial charge >= 0.3 is 0 Å². The van der Waals surface area contributed by atoms with Gasteiger partial charge in [0, 0.05) is 32.3 Å². The number of ether oxygens (including phenoxy) is 2. The molecule has 6 nitrogen and oxygen atoms in total. The first-order valence-electron chi connectivity index (χ1n) is 7.80. The average Bonchev–Trinajstić information content (AvgIpc) is 2.42. The Morgan fingerprint density at radius 2 is 1.57 bits per heavy atom. The maximum absolute atomic E-state index is 12.4. The molecule has 0 aliphatic rings. The molecule has 0 aliphatic carbocycles. The van der Waals surface area contributed by atoms with Crippen molar-refractivity contribution in [2.75, 3.05) is 51.8 Å². The summed E-state index contributed by atoms with van der Waals surface area (Å²) in [5.41, 5.74) is 0. The van der Waals surface area contributed by atoms with Crippen molar-refractivity contribution in [2.24, 2.45) is 0 Å². The van der Waals surface area contributed by atoms with Crippen LogP contribution in [-0.4, -0.2) is 70.6 Å². The molecule has 0 aromatic carbocycles. The molecular weight excluding hydrogens is 292 g/mol. The van der Waals surface area contributed by atoms with Crippen LogP contribution in [0.1, 0.15) is 34.1 Å². The van der Waals surface area contributed by atoms with Crippen molar-refractivity contribution in [1.29, 1.82) is 0 Å². The summed E-state index contributed by atoms with van der Waals surface area (Å²) in [5.74, 6) is 0.158. The maximum atomic E-state index is 12.4. The Hall–Kier alpha value is -0.210. The first-order chi connectivity index (χ1) is 9.94. The molecule has 0 bridgehead atoms. The van der Waals surface area contributed by atoms with E-state index < -0.39 is 10.0 Å². The highest BCUT2D eigenvalue weighted by Crippen LogP contribution is 2.04. The van der Waals surface area contributed by atoms with Crippen LogP contribution in [0.5, 0.6) is 0 Å². The zero-order valence-electron chi connectivity index (χ0n) is 13.9. The Labute approximate surface area is 130 Å². The number of hydrogen-bond donors (Lipinski definition) is 1. The molecule has 0 unspecified atom stereocenters. The SMILES string of the molecule is CCOCCN(CCOCC)S(=O)(=O)CCCNC(C)C. The van der Waals surface area contributed by atoms with Crippen LogP contribution in [0.3, 0.4) is 0 Å². The summed E-state index contributed by atoms with van der Waals surface area (Å²) in [4.78, 5) is 0. The third kappa shape index (κ3) is 11.1. The van der Waals surface area contributed by atoms with E-state index in [0.717, 1.165) is 0 Å². The average molecular weight is 324 g/mol. The van der Waals surface area contributed by atoms with Crippen LogP contribution >= 0.6 is 0 Å². The Morgan fingerprint density at radius 3 is 2.00 bits per heavy atom. The fourth-order valence-electron chi connectivity index (χ4n) is 1.79. The zero-order valence-corrected chi connectivity index (χ0v) is 14.7. The maximum Gasteiger partial charge on any atom is 0.214 e. The van der Waals surface area contributed by atoms with Crippen molar-refractivity contribution in [3.8, 4) is 0 Å². The van der Waals surface area contributed by atoms with Crippen LogP contribution < -0.4 is 5.32 Å². The van der Waals surface area contributed by atoms with Crippen molar-refractivity contribution in [3.63, 3.8) is 0 Å². The minimum Gasteiger partial charge on any atom is -0.380 e. The summed E-state index contributed by atoms with van der Waals surface area (Å²) in [5, 5.41) is 3.23. The molecule has 0 aliphatic heterocycles. The third-order valence-corrected chi connectivity index (χ3v) is 4.86. The molecule has 0 heterocycles. The smallest absolute Gasteiger partial charge is 0.214 e. The topological polar surface area (TPSA) is 67.9 Å². The largest absolute Gasteiger partial charge is 0.380 e. The summed E-state index contributed by atoms with van der Waals surface area (Å²) < 4.78 is 36.7. The van der Waals surface area contributed by atoms with E-state index in [9.17, 15) is 8.42 Å². The van der Waals surface area contributed by atoms with E-state index in [0.29, 0.717) is 58.5 Å². The van der Waals surface area contributed by atoms with Gasteiger partial charge in [0.1, 0.15) is 0 Å². The quantitative estimate of drug-likeness (QED) is 0.484. The van der Waals surface area contributed by atoms with Crippen molar-refractivity contribution < 1.29 is 17.9 Å². The van der Waals surface area contributed by atoms with Gasteiger partial charge in [-0.15, -0.1) is 0 Å². The van der Waals surface area contributed by atoms with Gasteiger partial charge in [0.2, 0.25) is 10.0 Å². The van der Waals surface area contributed by atoms with Gasteiger partial charge in [-0.1, -0.05) is 13.8 Å². The summed E-state index contributed by atoms with van der Waals surface area (Å²) in [6.07, 6.45) is 0.611. The van der Waals surface area contributed by atoms with Crippen LogP contribution in [0.4, 0.5) is 0 Å². The molecule has 0 saturated heterocycles. The van der Waals surface area contributed by atoms with Gasteiger partial charge < -0.3 is 14.8 Å². The highest BCUT2D eigenvalue weighted by molar-refractivity contribution is 7.89. The lowest BCUT2D eigenvalue weighted by molar-refractivity contribution is 0.110. The summed E-state index contributed by atoms with van der Waals surface area (Å²) in [7, 11) is -3.25. The van der Waals surface area contributed by atoms with E-state index >= 15 is 0 Å². The Bertz CT molecular complexity index is 324. The summed E-state index contributed by atoms with van der Waals surface area (Å²) in [6.45, 7) is 11.4. The minimum absolute atomic E-state index is 0.158. The Morgan fingerprint density at radius 1 is 1.05 bits per heavy atom. The van der Waals surface area contributed by atoms with Gasteiger partial charge in [-0.25, -0.2) is 8.42 Å². The van der Waals surface area contributed by atoms with Gasteiger partial charge in [0.15, 0.2) is 0 Å². The number of sulfonamides is 1. The molecular formula is C14H32N2O4S. The van der Waals surface area contributed by atoms with Gasteiger partial charge in [-0.2, -0.15) is 4.31 Å². The van der Waals surface area contributed by atoms with E-state index in [1.54, 1.807) is 0 Å². The van der Waals surface area contributed by atoms with E-state index in [1.807, 2.05) is 27.7 Å². The van der Waals surface area contributed by atoms with Gasteiger partial charge in [-0.3, -0.25) is 0 Å². The molecule has 0 fully saturated rings. The normalized spacial score (nSPS) is 12.5. The van der Waals surface area contributed by atoms with E-state index in [1.165, 1.54) is 4.31 Å². The van der Waals surface area contributed by atoms with E-state index in [4.69, 9.17) is 9.47 Å². The van der Waals surface area contributed by atoms with Gasteiger partial charge in [0.05, 0.1) is 19.0 Å². The predicted octanol–water partition coefficient (Wildman–Crippen LogP) is 1.08. The first-order valence-corrected chi connectivity index (χ1v) is 9.41. The lowest BCUT2D eigenvalue weighted by Crippen LogP contribution is -2.39. The van der Waals surface area contributed by atoms with Crippen LogP contribution in [0, 0.1) is 0 Å². The second kappa shape index (κ2) is 12.3. The molecule has 128 valence electrons. The molecule has 0 atom stereocenters. The Balaban J connectivity index is 4.32. The fraction of sp³-hybridized carbons (Fsp3) is 1.00. The molecule has 1 N–H and O–H groups in total. The molecule has 7 heteroatoms. The molecule has 0 amide bonds. The number of hydrogen-bond acceptors (Lipinski definition) is 5. The van der Waals surface area contributed by atoms with Gasteiger partial charge in [-0.05, 0) is 26.8 Å². The van der Waals surface area contributed by atoms with Crippen LogP contribution in [-0.2, 0) is 19.5 Å². The second-order valence-electron chi connectivity index (χ2n) is 5.07. The van der Waals surface area contributed by atoms with Crippen molar-refractivity contribution in [3.05, 3.63) is 0 Å². The van der Waals surface area contributed by atoms with Crippen molar-refractivity contribution in [1.82, 2.24) is 9.62 Å². The minimum atomic E-state index is -3.25. The zero-order chi connectivity index (χ0) is 16.1. The molecule has 0 rings (SSSR count). The third-order valence-electron chi connectivity index (χ3n) is 2.90. The lowest BCUT2D eigenvalue weighted by atomic mass is 10.4. The molecule has 0 radical (unpaired) electrons. The summed E-state index contributed by atoms with van der Waals surface area (Å²) in [6, 6.07) is 0.375.